The van der Waals surface area contributed by atoms with E-state index in [2.05, 4.69) is 60.4 Å². The molecule has 43 heavy (non-hydrogen) atoms. The van der Waals surface area contributed by atoms with Crippen LogP contribution in [-0.2, 0) is 16.9 Å². The number of hydrogen-bond acceptors (Lipinski definition) is 10. The van der Waals surface area contributed by atoms with Crippen LogP contribution in [0.5, 0.6) is 5.75 Å². The molecule has 1 aliphatic heterocycles. The van der Waals surface area contributed by atoms with Crippen molar-refractivity contribution in [3.8, 4) is 16.9 Å². The van der Waals surface area contributed by atoms with Crippen molar-refractivity contribution >= 4 is 23.2 Å². The molecule has 228 valence electrons. The molecule has 4 heterocycles. The van der Waals surface area contributed by atoms with Crippen LogP contribution in [0.25, 0.3) is 11.1 Å². The first kappa shape index (κ1) is 29.5. The number of tetrazole rings is 1. The molecule has 6 rings (SSSR count). The molecule has 1 aliphatic carbocycles. The van der Waals surface area contributed by atoms with Gasteiger partial charge in [-0.25, -0.2) is 19.3 Å². The number of benzene rings is 1. The third kappa shape index (κ3) is 6.51. The lowest BCUT2D eigenvalue weighted by Crippen LogP contribution is -2.56. The van der Waals surface area contributed by atoms with Gasteiger partial charge in [-0.15, -0.1) is 5.10 Å². The number of halogens is 1. The predicted molar refractivity (Wildman–Crippen MR) is 163 cm³/mol. The fourth-order valence-corrected chi connectivity index (χ4v) is 6.29. The molecule has 0 bridgehead atoms. The highest BCUT2D eigenvalue weighted by atomic mass is 35.5. The topological polar surface area (TPSA) is 121 Å². The summed E-state index contributed by atoms with van der Waals surface area (Å²) in [5.41, 5.74) is 3.60. The summed E-state index contributed by atoms with van der Waals surface area (Å²) in [6, 6.07) is 5.66. The molecule has 0 spiro atoms. The molecule has 1 atom stereocenters. The van der Waals surface area contributed by atoms with Gasteiger partial charge in [0, 0.05) is 31.0 Å². The second kappa shape index (κ2) is 12.9. The Morgan fingerprint density at radius 3 is 2.51 bits per heavy atom. The summed E-state index contributed by atoms with van der Waals surface area (Å²) in [6.45, 7) is 10.2. The zero-order valence-electron chi connectivity index (χ0n) is 25.0. The minimum Gasteiger partial charge on any atom is -0.487 e. The van der Waals surface area contributed by atoms with Crippen LogP contribution >= 0.6 is 11.6 Å². The van der Waals surface area contributed by atoms with E-state index in [1.807, 2.05) is 37.5 Å². The molecule has 1 aromatic carbocycles. The molecule has 13 heteroatoms. The lowest BCUT2D eigenvalue weighted by Gasteiger charge is -2.48. The van der Waals surface area contributed by atoms with E-state index in [1.54, 1.807) is 11.0 Å². The predicted octanol–water partition coefficient (Wildman–Crippen LogP) is 5.26. The highest BCUT2D eigenvalue weighted by molar-refractivity contribution is 6.32. The van der Waals surface area contributed by atoms with Crippen LogP contribution in [0.15, 0.2) is 43.1 Å². The quantitative estimate of drug-likeness (QED) is 0.256. The lowest BCUT2D eigenvalue weighted by molar-refractivity contribution is -0.0834. The normalized spacial score (nSPS) is 18.1. The monoisotopic (exact) mass is 606 g/mol. The summed E-state index contributed by atoms with van der Waals surface area (Å²) in [7, 11) is 0. The first-order valence-corrected chi connectivity index (χ1v) is 15.5. The summed E-state index contributed by atoms with van der Waals surface area (Å²) in [5.74, 6) is 1.34. The van der Waals surface area contributed by atoms with Crippen molar-refractivity contribution in [3.05, 3.63) is 53.8 Å². The van der Waals surface area contributed by atoms with Crippen LogP contribution in [0.4, 0.5) is 11.6 Å². The van der Waals surface area contributed by atoms with Gasteiger partial charge in [-0.2, -0.15) is 5.10 Å². The number of ether oxygens (including phenoxy) is 2. The standard InChI is InChI=1S/C30H39ClN10O2/c1-21(2)28-26(19-41(36-28)30(9-5-4-6-10-30)39-11-13-42-14-12-39)35-29-32-16-24(17-33-29)23-7-8-25(31)27(15-23)43-22(3)18-40-20-34-37-38-40/h7-8,15-17,19-22H,4-6,9-14,18H2,1-3H3,(H,32,33,35). The maximum absolute atomic E-state index is 6.45. The molecule has 1 N–H and O–H groups in total. The minimum atomic E-state index is -0.189. The van der Waals surface area contributed by atoms with Gasteiger partial charge in [-0.1, -0.05) is 37.9 Å². The van der Waals surface area contributed by atoms with Gasteiger partial charge in [-0.05, 0) is 66.6 Å². The molecule has 2 aliphatic rings. The van der Waals surface area contributed by atoms with Crippen molar-refractivity contribution in [1.82, 2.24) is 44.9 Å². The van der Waals surface area contributed by atoms with Crippen molar-refractivity contribution in [2.45, 2.75) is 77.1 Å². The maximum Gasteiger partial charge on any atom is 0.227 e. The van der Waals surface area contributed by atoms with E-state index >= 15 is 0 Å². The van der Waals surface area contributed by atoms with E-state index < -0.39 is 0 Å². The van der Waals surface area contributed by atoms with E-state index in [-0.39, 0.29) is 17.7 Å². The number of rotatable bonds is 10. The molecule has 3 aromatic heterocycles. The van der Waals surface area contributed by atoms with E-state index in [0.717, 1.165) is 61.7 Å². The number of nitrogens with one attached hydrogen (secondary N) is 1. The summed E-state index contributed by atoms with van der Waals surface area (Å²) in [6.07, 6.45) is 13.0. The fourth-order valence-electron chi connectivity index (χ4n) is 6.13. The van der Waals surface area contributed by atoms with E-state index in [9.17, 15) is 0 Å². The Morgan fingerprint density at radius 1 is 1.05 bits per heavy atom. The van der Waals surface area contributed by atoms with Crippen LogP contribution < -0.4 is 10.1 Å². The summed E-state index contributed by atoms with van der Waals surface area (Å²) < 4.78 is 15.6. The Hall–Kier alpha value is -3.61. The Balaban J connectivity index is 1.20. The highest BCUT2D eigenvalue weighted by Gasteiger charge is 2.41. The van der Waals surface area contributed by atoms with Crippen molar-refractivity contribution in [2.24, 2.45) is 0 Å². The van der Waals surface area contributed by atoms with Crippen LogP contribution in [0.1, 0.15) is 64.5 Å². The molecule has 12 nitrogen and oxygen atoms in total. The smallest absolute Gasteiger partial charge is 0.227 e. The molecular weight excluding hydrogens is 568 g/mol. The number of anilines is 2. The first-order valence-electron chi connectivity index (χ1n) is 15.1. The van der Waals surface area contributed by atoms with Gasteiger partial charge < -0.3 is 14.8 Å². The van der Waals surface area contributed by atoms with Gasteiger partial charge in [0.05, 0.1) is 42.4 Å². The molecule has 2 fully saturated rings. The average molecular weight is 607 g/mol. The average Bonchev–Trinajstić information content (AvgIpc) is 3.70. The van der Waals surface area contributed by atoms with E-state index in [0.29, 0.717) is 23.3 Å². The minimum absolute atomic E-state index is 0.117. The molecule has 0 radical (unpaired) electrons. The summed E-state index contributed by atoms with van der Waals surface area (Å²) in [5, 5.41) is 20.4. The summed E-state index contributed by atoms with van der Waals surface area (Å²) in [4.78, 5) is 11.9. The van der Waals surface area contributed by atoms with Crippen molar-refractivity contribution in [1.29, 1.82) is 0 Å². The molecule has 1 unspecified atom stereocenters. The number of aromatic nitrogens is 8. The van der Waals surface area contributed by atoms with Crippen molar-refractivity contribution in [3.63, 3.8) is 0 Å². The van der Waals surface area contributed by atoms with Gasteiger partial charge in [0.15, 0.2) is 0 Å². The van der Waals surface area contributed by atoms with Gasteiger partial charge in [-0.3, -0.25) is 4.90 Å². The number of morpholine rings is 1. The highest BCUT2D eigenvalue weighted by Crippen LogP contribution is 2.40. The second-order valence-electron chi connectivity index (χ2n) is 11.7. The second-order valence-corrected chi connectivity index (χ2v) is 12.1. The van der Waals surface area contributed by atoms with E-state index in [4.69, 9.17) is 26.2 Å². The third-order valence-electron chi connectivity index (χ3n) is 8.30. The Kier molecular flexibility index (Phi) is 8.87. The SMILES string of the molecule is CC(Cn1cnnn1)Oc1cc(-c2cnc(Nc3cn(C4(N5CCOCC5)CCCCC4)nc3C(C)C)nc2)ccc1Cl. The van der Waals surface area contributed by atoms with Gasteiger partial charge in [0.2, 0.25) is 5.95 Å². The van der Waals surface area contributed by atoms with Gasteiger partial charge in [0.25, 0.3) is 0 Å². The first-order chi connectivity index (χ1) is 20.9. The van der Waals surface area contributed by atoms with Crippen LogP contribution in [0.2, 0.25) is 5.02 Å². The molecule has 1 saturated carbocycles. The van der Waals surface area contributed by atoms with Crippen molar-refractivity contribution in [2.75, 3.05) is 31.6 Å². The molecule has 4 aromatic rings. The number of hydrogen-bond donors (Lipinski definition) is 1. The number of nitrogens with zero attached hydrogens (tertiary/aromatic N) is 9. The van der Waals surface area contributed by atoms with Gasteiger partial charge >= 0.3 is 0 Å². The van der Waals surface area contributed by atoms with E-state index in [1.165, 1.54) is 19.3 Å². The fraction of sp³-hybridized carbons (Fsp3) is 0.533. The lowest BCUT2D eigenvalue weighted by atomic mass is 9.87. The molecule has 0 amide bonds. The molecule has 1 saturated heterocycles. The Morgan fingerprint density at radius 2 is 1.81 bits per heavy atom. The Bertz CT molecular complexity index is 1480. The van der Waals surface area contributed by atoms with Gasteiger partial charge in [0.1, 0.15) is 23.8 Å². The zero-order chi connectivity index (χ0) is 29.8. The maximum atomic E-state index is 6.45. The third-order valence-corrected chi connectivity index (χ3v) is 8.61. The summed E-state index contributed by atoms with van der Waals surface area (Å²) >= 11 is 6.45. The molecular formula is C30H39ClN10O2. The van der Waals surface area contributed by atoms with Crippen LogP contribution in [-0.4, -0.2) is 77.3 Å². The van der Waals surface area contributed by atoms with Crippen LogP contribution in [0, 0.1) is 0 Å². The Labute approximate surface area is 256 Å². The largest absolute Gasteiger partial charge is 0.487 e. The zero-order valence-corrected chi connectivity index (χ0v) is 25.7. The van der Waals surface area contributed by atoms with Crippen LogP contribution in [0.3, 0.4) is 0 Å². The van der Waals surface area contributed by atoms with Crippen molar-refractivity contribution < 1.29 is 9.47 Å².